The van der Waals surface area contributed by atoms with E-state index in [1.807, 2.05) is 13.0 Å². The van der Waals surface area contributed by atoms with Crippen LogP contribution < -0.4 is 10.1 Å². The van der Waals surface area contributed by atoms with Gasteiger partial charge in [-0.25, -0.2) is 9.37 Å². The second-order valence-corrected chi connectivity index (χ2v) is 4.18. The number of nitrogens with zero attached hydrogens (tertiary/aromatic N) is 1. The number of ether oxygens (including phenoxy) is 1. The van der Waals surface area contributed by atoms with Gasteiger partial charge in [-0.1, -0.05) is 13.0 Å². The van der Waals surface area contributed by atoms with Crippen molar-refractivity contribution in [2.24, 2.45) is 0 Å². The Balaban J connectivity index is 2.36. The minimum Gasteiger partial charge on any atom is -0.481 e. The monoisotopic (exact) mass is 260 g/mol. The van der Waals surface area contributed by atoms with Crippen LogP contribution in [0.2, 0.25) is 0 Å². The molecule has 0 spiro atoms. The molecule has 1 aromatic carbocycles. The molecule has 100 valence electrons. The summed E-state index contributed by atoms with van der Waals surface area (Å²) >= 11 is 0. The maximum absolute atomic E-state index is 13.9. The zero-order valence-corrected chi connectivity index (χ0v) is 11.1. The first-order valence-corrected chi connectivity index (χ1v) is 6.24. The van der Waals surface area contributed by atoms with Crippen molar-refractivity contribution >= 4 is 0 Å². The number of halogens is 1. The first-order valence-electron chi connectivity index (χ1n) is 6.24. The van der Waals surface area contributed by atoms with Gasteiger partial charge in [-0.05, 0) is 35.9 Å². The van der Waals surface area contributed by atoms with Gasteiger partial charge >= 0.3 is 0 Å². The van der Waals surface area contributed by atoms with Gasteiger partial charge in [-0.15, -0.1) is 0 Å². The van der Waals surface area contributed by atoms with Crippen LogP contribution >= 0.6 is 0 Å². The summed E-state index contributed by atoms with van der Waals surface area (Å²) in [6.07, 6.45) is 1.62. The quantitative estimate of drug-likeness (QED) is 0.897. The van der Waals surface area contributed by atoms with E-state index in [4.69, 9.17) is 4.74 Å². The molecule has 0 unspecified atom stereocenters. The summed E-state index contributed by atoms with van der Waals surface area (Å²) in [4.78, 5) is 4.03. The third-order valence-corrected chi connectivity index (χ3v) is 2.86. The largest absolute Gasteiger partial charge is 0.481 e. The van der Waals surface area contributed by atoms with Gasteiger partial charge in [-0.2, -0.15) is 0 Å². The summed E-state index contributed by atoms with van der Waals surface area (Å²) in [5.41, 5.74) is 2.38. The van der Waals surface area contributed by atoms with Gasteiger partial charge in [0.2, 0.25) is 5.88 Å². The van der Waals surface area contributed by atoms with Gasteiger partial charge in [0.05, 0.1) is 7.11 Å². The molecular weight excluding hydrogens is 243 g/mol. The zero-order chi connectivity index (χ0) is 13.7. The second-order valence-electron chi connectivity index (χ2n) is 4.18. The van der Waals surface area contributed by atoms with Crippen LogP contribution in [-0.4, -0.2) is 18.6 Å². The lowest BCUT2D eigenvalue weighted by Crippen LogP contribution is -2.11. The molecule has 3 nitrogen and oxygen atoms in total. The molecule has 0 fully saturated rings. The molecule has 0 aliphatic rings. The third-order valence-electron chi connectivity index (χ3n) is 2.86. The topological polar surface area (TPSA) is 34.2 Å². The van der Waals surface area contributed by atoms with Crippen LogP contribution in [0.1, 0.15) is 12.5 Å². The first kappa shape index (κ1) is 13.5. The number of hydrogen-bond donors (Lipinski definition) is 1. The van der Waals surface area contributed by atoms with Gasteiger partial charge in [0.1, 0.15) is 5.82 Å². The van der Waals surface area contributed by atoms with E-state index in [0.717, 1.165) is 24.2 Å². The van der Waals surface area contributed by atoms with Gasteiger partial charge in [0.15, 0.2) is 0 Å². The highest BCUT2D eigenvalue weighted by Gasteiger charge is 2.07. The SMILES string of the molecule is CCNCc1ccc(F)c(-c2ccnc(OC)c2)c1. The molecule has 0 radical (unpaired) electrons. The highest BCUT2D eigenvalue weighted by atomic mass is 19.1. The average Bonchev–Trinajstić information content (AvgIpc) is 2.46. The Hall–Kier alpha value is -1.94. The van der Waals surface area contributed by atoms with E-state index in [1.165, 1.54) is 6.07 Å². The maximum atomic E-state index is 13.9. The summed E-state index contributed by atoms with van der Waals surface area (Å²) in [6.45, 7) is 3.65. The lowest BCUT2D eigenvalue weighted by Gasteiger charge is -2.08. The Morgan fingerprint density at radius 2 is 2.11 bits per heavy atom. The number of hydrogen-bond acceptors (Lipinski definition) is 3. The second kappa shape index (κ2) is 6.29. The summed E-state index contributed by atoms with van der Waals surface area (Å²) < 4.78 is 19.0. The summed E-state index contributed by atoms with van der Waals surface area (Å²) in [7, 11) is 1.55. The number of nitrogens with one attached hydrogen (secondary N) is 1. The minimum atomic E-state index is -0.242. The van der Waals surface area contributed by atoms with Crippen LogP contribution in [0.25, 0.3) is 11.1 Å². The average molecular weight is 260 g/mol. The highest BCUT2D eigenvalue weighted by molar-refractivity contribution is 5.65. The van der Waals surface area contributed by atoms with Crippen molar-refractivity contribution in [1.82, 2.24) is 10.3 Å². The lowest BCUT2D eigenvalue weighted by atomic mass is 10.0. The van der Waals surface area contributed by atoms with Crippen molar-refractivity contribution in [1.29, 1.82) is 0 Å². The Morgan fingerprint density at radius 3 is 2.84 bits per heavy atom. The zero-order valence-electron chi connectivity index (χ0n) is 11.1. The fraction of sp³-hybridized carbons (Fsp3) is 0.267. The molecule has 0 aliphatic heterocycles. The molecule has 0 saturated heterocycles. The molecule has 2 aromatic rings. The molecule has 1 aromatic heterocycles. The summed E-state index contributed by atoms with van der Waals surface area (Å²) in [5, 5.41) is 3.23. The van der Waals surface area contributed by atoms with Crippen LogP contribution in [0.15, 0.2) is 36.5 Å². The number of benzene rings is 1. The predicted octanol–water partition coefficient (Wildman–Crippen LogP) is 3.01. The fourth-order valence-corrected chi connectivity index (χ4v) is 1.86. The van der Waals surface area contributed by atoms with Crippen LogP contribution in [0.4, 0.5) is 4.39 Å². The van der Waals surface area contributed by atoms with Crippen LogP contribution in [0, 0.1) is 5.82 Å². The first-order chi connectivity index (χ1) is 9.24. The van der Waals surface area contributed by atoms with Gasteiger partial charge < -0.3 is 10.1 Å². The number of aromatic nitrogens is 1. The molecule has 0 amide bonds. The molecule has 19 heavy (non-hydrogen) atoms. The van der Waals surface area contributed by atoms with E-state index in [0.29, 0.717) is 11.4 Å². The van der Waals surface area contributed by atoms with Gasteiger partial charge in [0.25, 0.3) is 0 Å². The number of rotatable bonds is 5. The maximum Gasteiger partial charge on any atom is 0.213 e. The molecule has 2 rings (SSSR count). The lowest BCUT2D eigenvalue weighted by molar-refractivity contribution is 0.398. The fourth-order valence-electron chi connectivity index (χ4n) is 1.86. The molecule has 4 heteroatoms. The van der Waals surface area contributed by atoms with E-state index < -0.39 is 0 Å². The molecule has 1 heterocycles. The highest BCUT2D eigenvalue weighted by Crippen LogP contribution is 2.26. The van der Waals surface area contributed by atoms with E-state index >= 15 is 0 Å². The molecule has 0 atom stereocenters. The predicted molar refractivity (Wildman–Crippen MR) is 73.6 cm³/mol. The smallest absolute Gasteiger partial charge is 0.213 e. The molecule has 0 bridgehead atoms. The summed E-state index contributed by atoms with van der Waals surface area (Å²) in [5.74, 6) is 0.238. The van der Waals surface area contributed by atoms with Crippen LogP contribution in [0.5, 0.6) is 5.88 Å². The Bertz CT molecular complexity index is 558. The Morgan fingerprint density at radius 1 is 1.26 bits per heavy atom. The van der Waals surface area contributed by atoms with Gasteiger partial charge in [0, 0.05) is 24.4 Å². The van der Waals surface area contributed by atoms with E-state index in [9.17, 15) is 4.39 Å². The molecule has 0 aliphatic carbocycles. The van der Waals surface area contributed by atoms with Crippen molar-refractivity contribution in [3.63, 3.8) is 0 Å². The van der Waals surface area contributed by atoms with Crippen molar-refractivity contribution in [2.45, 2.75) is 13.5 Å². The normalized spacial score (nSPS) is 10.5. The van der Waals surface area contributed by atoms with Crippen molar-refractivity contribution in [3.8, 4) is 17.0 Å². The standard InChI is InChI=1S/C15H17FN2O/c1-3-17-10-11-4-5-14(16)13(8-11)12-6-7-18-15(9-12)19-2/h4-9,17H,3,10H2,1-2H3. The summed E-state index contributed by atoms with van der Waals surface area (Å²) in [6, 6.07) is 8.65. The Kier molecular flexibility index (Phi) is 4.47. The molecular formula is C15H17FN2O. The van der Waals surface area contributed by atoms with E-state index in [-0.39, 0.29) is 5.82 Å². The number of methoxy groups -OCH3 is 1. The van der Waals surface area contributed by atoms with Crippen LogP contribution in [0.3, 0.4) is 0 Å². The van der Waals surface area contributed by atoms with Crippen molar-refractivity contribution < 1.29 is 9.13 Å². The third kappa shape index (κ3) is 3.29. The minimum absolute atomic E-state index is 0.242. The molecule has 1 N–H and O–H groups in total. The van der Waals surface area contributed by atoms with E-state index in [2.05, 4.69) is 10.3 Å². The van der Waals surface area contributed by atoms with Crippen molar-refractivity contribution in [3.05, 3.63) is 47.9 Å². The molecule has 0 saturated carbocycles. The number of pyridine rings is 1. The van der Waals surface area contributed by atoms with Crippen molar-refractivity contribution in [2.75, 3.05) is 13.7 Å². The van der Waals surface area contributed by atoms with E-state index in [1.54, 1.807) is 31.5 Å². The van der Waals surface area contributed by atoms with Gasteiger partial charge in [-0.3, -0.25) is 0 Å². The van der Waals surface area contributed by atoms with Crippen LogP contribution in [-0.2, 0) is 6.54 Å². The Labute approximate surface area is 112 Å².